The number of ether oxygens (including phenoxy) is 1. The molecule has 2 atom stereocenters. The third-order valence-corrected chi connectivity index (χ3v) is 2.97. The van der Waals surface area contributed by atoms with Crippen molar-refractivity contribution < 1.29 is 4.74 Å². The van der Waals surface area contributed by atoms with Crippen molar-refractivity contribution in [2.45, 2.75) is 39.2 Å². The summed E-state index contributed by atoms with van der Waals surface area (Å²) in [6.45, 7) is 4.92. The summed E-state index contributed by atoms with van der Waals surface area (Å²) in [5.41, 5.74) is 0. The second kappa shape index (κ2) is 5.19. The predicted octanol–water partition coefficient (Wildman–Crippen LogP) is 3.08. The van der Waals surface area contributed by atoms with Gasteiger partial charge in [0.1, 0.15) is 0 Å². The molecule has 1 N–H and O–H groups in total. The predicted molar refractivity (Wildman–Crippen MR) is 65.8 cm³/mol. The molecule has 0 radical (unpaired) electrons. The van der Waals surface area contributed by atoms with Gasteiger partial charge in [-0.1, -0.05) is 13.3 Å². The molecular formula is C13H20N2O. The fourth-order valence-electron chi connectivity index (χ4n) is 2.06. The molecule has 1 aliphatic rings. The van der Waals surface area contributed by atoms with Crippen LogP contribution in [0.1, 0.15) is 33.1 Å². The van der Waals surface area contributed by atoms with Gasteiger partial charge in [-0.05, 0) is 37.8 Å². The molecule has 3 nitrogen and oxygen atoms in total. The Kier molecular flexibility index (Phi) is 3.65. The third kappa shape index (κ3) is 2.65. The summed E-state index contributed by atoms with van der Waals surface area (Å²) in [7, 11) is 0. The first-order valence-corrected chi connectivity index (χ1v) is 6.19. The average molecular weight is 220 g/mol. The van der Waals surface area contributed by atoms with Crippen LogP contribution in [0.5, 0.6) is 5.75 Å². The van der Waals surface area contributed by atoms with Gasteiger partial charge in [0.15, 0.2) is 11.6 Å². The summed E-state index contributed by atoms with van der Waals surface area (Å²) in [5.74, 6) is 2.60. The van der Waals surface area contributed by atoms with E-state index in [2.05, 4.69) is 17.2 Å². The van der Waals surface area contributed by atoms with Gasteiger partial charge in [-0.2, -0.15) is 0 Å². The normalized spacial score (nSPS) is 22.9. The van der Waals surface area contributed by atoms with Gasteiger partial charge < -0.3 is 10.1 Å². The molecule has 0 bridgehead atoms. The van der Waals surface area contributed by atoms with Crippen LogP contribution in [0.3, 0.4) is 0 Å². The molecule has 2 rings (SSSR count). The fraction of sp³-hybridized carbons (Fsp3) is 0.615. The van der Waals surface area contributed by atoms with E-state index in [4.69, 9.17) is 4.74 Å². The number of nitrogens with one attached hydrogen (secondary N) is 1. The van der Waals surface area contributed by atoms with Crippen LogP contribution in [0.2, 0.25) is 0 Å². The van der Waals surface area contributed by atoms with Crippen molar-refractivity contribution in [2.75, 3.05) is 11.9 Å². The van der Waals surface area contributed by atoms with Crippen molar-refractivity contribution in [2.24, 2.45) is 5.92 Å². The zero-order chi connectivity index (χ0) is 11.4. The minimum absolute atomic E-state index is 0.606. The van der Waals surface area contributed by atoms with E-state index in [1.54, 1.807) is 0 Å². The lowest BCUT2D eigenvalue weighted by Gasteiger charge is -2.10. The van der Waals surface area contributed by atoms with Crippen molar-refractivity contribution in [3.8, 4) is 5.75 Å². The molecule has 1 aromatic heterocycles. The van der Waals surface area contributed by atoms with Crippen LogP contribution in [0.15, 0.2) is 18.3 Å². The van der Waals surface area contributed by atoms with E-state index in [0.29, 0.717) is 12.6 Å². The molecule has 1 saturated carbocycles. The van der Waals surface area contributed by atoms with Crippen LogP contribution < -0.4 is 10.1 Å². The minimum Gasteiger partial charge on any atom is -0.490 e. The standard InChI is InChI=1S/C13H20N2O/c1-3-6-10-9-11(10)15-13-12(16-4-2)7-5-8-14-13/h5,7-8,10-11H,3-4,6,9H2,1-2H3,(H,14,15). The van der Waals surface area contributed by atoms with Gasteiger partial charge in [0.25, 0.3) is 0 Å². The van der Waals surface area contributed by atoms with Gasteiger partial charge in [-0.25, -0.2) is 4.98 Å². The maximum absolute atomic E-state index is 5.54. The lowest BCUT2D eigenvalue weighted by Crippen LogP contribution is -2.08. The molecule has 3 heteroatoms. The fourth-order valence-corrected chi connectivity index (χ4v) is 2.06. The maximum atomic E-state index is 5.54. The zero-order valence-electron chi connectivity index (χ0n) is 10.1. The molecule has 1 heterocycles. The Bertz CT molecular complexity index is 340. The molecular weight excluding hydrogens is 200 g/mol. The largest absolute Gasteiger partial charge is 0.490 e. The average Bonchev–Trinajstić information content (AvgIpc) is 3.00. The zero-order valence-corrected chi connectivity index (χ0v) is 10.1. The third-order valence-electron chi connectivity index (χ3n) is 2.97. The maximum Gasteiger partial charge on any atom is 0.168 e. The van der Waals surface area contributed by atoms with Crippen molar-refractivity contribution in [1.82, 2.24) is 4.98 Å². The molecule has 2 unspecified atom stereocenters. The lowest BCUT2D eigenvalue weighted by molar-refractivity contribution is 0.340. The van der Waals surface area contributed by atoms with Crippen molar-refractivity contribution >= 4 is 5.82 Å². The first kappa shape index (κ1) is 11.2. The first-order chi connectivity index (χ1) is 7.85. The van der Waals surface area contributed by atoms with Gasteiger partial charge in [-0.15, -0.1) is 0 Å². The van der Waals surface area contributed by atoms with E-state index < -0.39 is 0 Å². The summed E-state index contributed by atoms with van der Waals surface area (Å²) in [6.07, 6.45) is 5.66. The summed E-state index contributed by atoms with van der Waals surface area (Å²) in [4.78, 5) is 4.34. The highest BCUT2D eigenvalue weighted by Crippen LogP contribution is 2.38. The van der Waals surface area contributed by atoms with E-state index in [9.17, 15) is 0 Å². The Balaban J connectivity index is 1.94. The van der Waals surface area contributed by atoms with Gasteiger partial charge in [0, 0.05) is 12.2 Å². The van der Waals surface area contributed by atoms with E-state index in [1.165, 1.54) is 19.3 Å². The number of hydrogen-bond acceptors (Lipinski definition) is 3. The first-order valence-electron chi connectivity index (χ1n) is 6.19. The molecule has 0 spiro atoms. The second-order valence-electron chi connectivity index (χ2n) is 4.32. The molecule has 0 amide bonds. The molecule has 16 heavy (non-hydrogen) atoms. The SMILES string of the molecule is CCCC1CC1Nc1ncccc1OCC. The van der Waals surface area contributed by atoms with Crippen LogP contribution in [0.25, 0.3) is 0 Å². The van der Waals surface area contributed by atoms with Crippen LogP contribution in [-0.4, -0.2) is 17.6 Å². The molecule has 88 valence electrons. The van der Waals surface area contributed by atoms with Gasteiger partial charge in [-0.3, -0.25) is 0 Å². The number of pyridine rings is 1. The summed E-state index contributed by atoms with van der Waals surface area (Å²) in [6, 6.07) is 4.48. The Hall–Kier alpha value is -1.25. The van der Waals surface area contributed by atoms with Crippen LogP contribution >= 0.6 is 0 Å². The number of anilines is 1. The molecule has 1 aromatic rings. The van der Waals surface area contributed by atoms with Crippen molar-refractivity contribution in [1.29, 1.82) is 0 Å². The molecule has 0 aromatic carbocycles. The number of nitrogens with zero attached hydrogens (tertiary/aromatic N) is 1. The van der Waals surface area contributed by atoms with E-state index in [0.717, 1.165) is 17.5 Å². The van der Waals surface area contributed by atoms with E-state index in [1.807, 2.05) is 25.3 Å². The Morgan fingerprint density at radius 3 is 3.12 bits per heavy atom. The van der Waals surface area contributed by atoms with Gasteiger partial charge in [0.2, 0.25) is 0 Å². The minimum atomic E-state index is 0.606. The van der Waals surface area contributed by atoms with Crippen molar-refractivity contribution in [3.63, 3.8) is 0 Å². The summed E-state index contributed by atoms with van der Waals surface area (Å²) < 4.78 is 5.54. The highest BCUT2D eigenvalue weighted by molar-refractivity contribution is 5.51. The monoisotopic (exact) mass is 220 g/mol. The molecule has 0 saturated heterocycles. The quantitative estimate of drug-likeness (QED) is 0.800. The highest BCUT2D eigenvalue weighted by Gasteiger charge is 2.36. The topological polar surface area (TPSA) is 34.2 Å². The van der Waals surface area contributed by atoms with E-state index in [-0.39, 0.29) is 0 Å². The van der Waals surface area contributed by atoms with E-state index >= 15 is 0 Å². The van der Waals surface area contributed by atoms with Gasteiger partial charge >= 0.3 is 0 Å². The summed E-state index contributed by atoms with van der Waals surface area (Å²) in [5, 5.41) is 3.47. The lowest BCUT2D eigenvalue weighted by atomic mass is 10.2. The Morgan fingerprint density at radius 1 is 1.50 bits per heavy atom. The molecule has 1 fully saturated rings. The Labute approximate surface area is 97.2 Å². The van der Waals surface area contributed by atoms with Crippen LogP contribution in [0.4, 0.5) is 5.82 Å². The summed E-state index contributed by atoms with van der Waals surface area (Å²) >= 11 is 0. The van der Waals surface area contributed by atoms with Crippen molar-refractivity contribution in [3.05, 3.63) is 18.3 Å². The molecule has 1 aliphatic carbocycles. The highest BCUT2D eigenvalue weighted by atomic mass is 16.5. The molecule has 0 aliphatic heterocycles. The smallest absolute Gasteiger partial charge is 0.168 e. The van der Waals surface area contributed by atoms with Crippen LogP contribution in [0, 0.1) is 5.92 Å². The number of hydrogen-bond donors (Lipinski definition) is 1. The van der Waals surface area contributed by atoms with Crippen LogP contribution in [-0.2, 0) is 0 Å². The number of aromatic nitrogens is 1. The number of rotatable bonds is 6. The van der Waals surface area contributed by atoms with Gasteiger partial charge in [0.05, 0.1) is 6.61 Å². The Morgan fingerprint density at radius 2 is 2.38 bits per heavy atom. The second-order valence-corrected chi connectivity index (χ2v) is 4.32.